The number of hydrogen-bond acceptors (Lipinski definition) is 7. The zero-order valence-corrected chi connectivity index (χ0v) is 37.0. The third kappa shape index (κ3) is 9.41. The van der Waals surface area contributed by atoms with Crippen LogP contribution in [0.2, 0.25) is 0 Å². The van der Waals surface area contributed by atoms with Crippen molar-refractivity contribution in [3.8, 4) is 84.0 Å². The summed E-state index contributed by atoms with van der Waals surface area (Å²) >= 11 is 0. The fourth-order valence-electron chi connectivity index (χ4n) is 8.17. The Balaban J connectivity index is 1.14. The van der Waals surface area contributed by atoms with Gasteiger partial charge in [-0.2, -0.15) is 0 Å². The second-order valence-corrected chi connectivity index (χ2v) is 16.9. The average molecular weight is 873 g/mol. The molecule has 320 valence electrons. The van der Waals surface area contributed by atoms with Crippen LogP contribution in [-0.2, 0) is 18.6 Å². The SMILES string of the molecule is Cc1ccc(OOP(=O)(OOc2ccc(C)c(-c3ccccc3)c2-c2ccccc2)OOc2ccc(C)c(-c3ccccc3)c2-c2ccccc2)c(-c2ccccc2)c1-c1ccccc1. The molecular formula is C57H45O7P. The van der Waals surface area contributed by atoms with Gasteiger partial charge in [-0.3, -0.25) is 0 Å². The van der Waals surface area contributed by atoms with E-state index in [2.05, 4.69) is 0 Å². The summed E-state index contributed by atoms with van der Waals surface area (Å²) < 4.78 is 32.9. The van der Waals surface area contributed by atoms with Crippen LogP contribution < -0.4 is 14.7 Å². The minimum Gasteiger partial charge on any atom is -0.326 e. The standard InChI is InChI=1S/C57H45O7P/c1-40-34-37-49(55(46-28-16-7-17-29-46)52(40)43-22-10-4-11-23-43)59-62-65(58,63-60-50-38-35-41(2)53(44-24-12-5-13-25-44)56(50)47-30-18-8-19-31-47)64-61-51-39-36-42(3)54(45-26-14-6-15-27-45)57(51)48-32-20-9-21-33-48/h4-39H,1-3H3. The molecule has 0 aliphatic heterocycles. The van der Waals surface area contributed by atoms with Gasteiger partial charge in [-0.05, 0) is 106 Å². The van der Waals surface area contributed by atoms with Gasteiger partial charge < -0.3 is 14.7 Å². The van der Waals surface area contributed by atoms with Crippen molar-refractivity contribution >= 4 is 7.82 Å². The maximum absolute atomic E-state index is 15.3. The van der Waals surface area contributed by atoms with Crippen LogP contribution in [0.3, 0.4) is 0 Å². The Kier molecular flexibility index (Phi) is 12.8. The van der Waals surface area contributed by atoms with Crippen molar-refractivity contribution in [2.24, 2.45) is 0 Å². The van der Waals surface area contributed by atoms with Gasteiger partial charge in [-0.25, -0.2) is 4.57 Å². The maximum Gasteiger partial charge on any atom is 0.583 e. The molecule has 0 N–H and O–H groups in total. The zero-order chi connectivity index (χ0) is 44.6. The Hall–Kier alpha value is -7.51. The summed E-state index contributed by atoms with van der Waals surface area (Å²) in [6.07, 6.45) is 0. The summed E-state index contributed by atoms with van der Waals surface area (Å²) in [6, 6.07) is 70.4. The van der Waals surface area contributed by atoms with E-state index in [1.54, 1.807) is 18.2 Å². The molecule has 0 aliphatic carbocycles. The highest BCUT2D eigenvalue weighted by Gasteiger charge is 2.37. The number of hydrogen-bond donors (Lipinski definition) is 0. The largest absolute Gasteiger partial charge is 0.583 e. The quantitative estimate of drug-likeness (QED) is 0.0577. The predicted octanol–water partition coefficient (Wildman–Crippen LogP) is 16.1. The molecule has 0 bridgehead atoms. The number of aryl methyl sites for hydroxylation is 3. The molecule has 0 heterocycles. The van der Waals surface area contributed by atoms with Crippen LogP contribution in [0.5, 0.6) is 17.2 Å². The molecule has 0 amide bonds. The van der Waals surface area contributed by atoms with E-state index in [1.165, 1.54) is 0 Å². The lowest BCUT2D eigenvalue weighted by atomic mass is 9.90. The average Bonchev–Trinajstić information content (AvgIpc) is 3.36. The monoisotopic (exact) mass is 872 g/mol. The molecule has 0 saturated heterocycles. The van der Waals surface area contributed by atoms with Crippen LogP contribution in [0.25, 0.3) is 66.8 Å². The van der Waals surface area contributed by atoms with Crippen molar-refractivity contribution in [1.29, 1.82) is 0 Å². The van der Waals surface area contributed by atoms with E-state index in [1.807, 2.05) is 221 Å². The molecule has 0 unspecified atom stereocenters. The molecule has 9 aromatic carbocycles. The highest BCUT2D eigenvalue weighted by Crippen LogP contribution is 2.54. The van der Waals surface area contributed by atoms with E-state index >= 15 is 4.57 Å². The molecular weight excluding hydrogens is 828 g/mol. The van der Waals surface area contributed by atoms with Crippen LogP contribution in [0, 0.1) is 20.8 Å². The van der Waals surface area contributed by atoms with E-state index in [-0.39, 0.29) is 17.2 Å². The Morgan fingerprint density at radius 2 is 0.462 bits per heavy atom. The van der Waals surface area contributed by atoms with Crippen molar-refractivity contribution in [3.63, 3.8) is 0 Å². The van der Waals surface area contributed by atoms with Crippen molar-refractivity contribution in [2.75, 3.05) is 0 Å². The van der Waals surface area contributed by atoms with Crippen molar-refractivity contribution in [2.45, 2.75) is 20.8 Å². The lowest BCUT2D eigenvalue weighted by Crippen LogP contribution is -2.10. The van der Waals surface area contributed by atoms with Gasteiger partial charge >= 0.3 is 7.82 Å². The van der Waals surface area contributed by atoms with E-state index in [9.17, 15) is 0 Å². The van der Waals surface area contributed by atoms with Gasteiger partial charge in [0.2, 0.25) is 0 Å². The molecule has 0 radical (unpaired) electrons. The highest BCUT2D eigenvalue weighted by atomic mass is 31.2. The molecule has 0 spiro atoms. The predicted molar refractivity (Wildman–Crippen MR) is 259 cm³/mol. The van der Waals surface area contributed by atoms with Crippen molar-refractivity contribution < 1.29 is 33.3 Å². The van der Waals surface area contributed by atoms with Gasteiger partial charge in [-0.1, -0.05) is 214 Å². The molecule has 0 fully saturated rings. The van der Waals surface area contributed by atoms with Crippen molar-refractivity contribution in [1.82, 2.24) is 0 Å². The molecule has 0 atom stereocenters. The molecule has 0 saturated carbocycles. The van der Waals surface area contributed by atoms with Gasteiger partial charge in [0.1, 0.15) is 0 Å². The first-order valence-corrected chi connectivity index (χ1v) is 22.7. The third-order valence-corrected chi connectivity index (χ3v) is 11.9. The second-order valence-electron chi connectivity index (χ2n) is 15.5. The fraction of sp³-hybridized carbons (Fsp3) is 0.0526. The van der Waals surface area contributed by atoms with E-state index in [0.717, 1.165) is 66.8 Å². The van der Waals surface area contributed by atoms with Gasteiger partial charge in [-0.15, -0.1) is 0 Å². The number of benzene rings is 9. The Morgan fingerprint density at radius 1 is 0.262 bits per heavy atom. The molecule has 65 heavy (non-hydrogen) atoms. The Morgan fingerprint density at radius 3 is 0.677 bits per heavy atom. The fourth-order valence-corrected chi connectivity index (χ4v) is 8.76. The zero-order valence-electron chi connectivity index (χ0n) is 36.1. The molecule has 7 nitrogen and oxygen atoms in total. The Bertz CT molecular complexity index is 2740. The van der Waals surface area contributed by atoms with Crippen LogP contribution >= 0.6 is 7.82 Å². The summed E-state index contributed by atoms with van der Waals surface area (Å²) in [5, 5.41) is 0. The van der Waals surface area contributed by atoms with Crippen LogP contribution in [-0.4, -0.2) is 0 Å². The number of rotatable bonds is 15. The van der Waals surface area contributed by atoms with Gasteiger partial charge in [0, 0.05) is 16.7 Å². The first kappa shape index (κ1) is 42.8. The van der Waals surface area contributed by atoms with Crippen LogP contribution in [0.15, 0.2) is 218 Å². The summed E-state index contributed by atoms with van der Waals surface area (Å²) in [5.41, 5.74) is 13.2. The highest BCUT2D eigenvalue weighted by molar-refractivity contribution is 7.48. The van der Waals surface area contributed by atoms with Crippen molar-refractivity contribution in [3.05, 3.63) is 235 Å². The van der Waals surface area contributed by atoms with Gasteiger partial charge in [0.15, 0.2) is 17.2 Å². The lowest BCUT2D eigenvalue weighted by molar-refractivity contribution is -0.237. The first-order valence-electron chi connectivity index (χ1n) is 21.3. The third-order valence-electron chi connectivity index (χ3n) is 11.2. The Labute approximate surface area is 379 Å². The minimum atomic E-state index is -5.01. The molecule has 9 rings (SSSR count). The van der Waals surface area contributed by atoms with Gasteiger partial charge in [0.25, 0.3) is 0 Å². The summed E-state index contributed by atoms with van der Waals surface area (Å²) in [7, 11) is -5.01. The summed E-state index contributed by atoms with van der Waals surface area (Å²) in [5.74, 6) is 0.768. The summed E-state index contributed by atoms with van der Waals surface area (Å²) in [4.78, 5) is 18.4. The lowest BCUT2D eigenvalue weighted by Gasteiger charge is -2.22. The topological polar surface area (TPSA) is 72.5 Å². The smallest absolute Gasteiger partial charge is 0.326 e. The number of phosphoric acid groups is 1. The van der Waals surface area contributed by atoms with E-state index in [4.69, 9.17) is 28.7 Å². The molecule has 0 aliphatic rings. The van der Waals surface area contributed by atoms with Crippen LogP contribution in [0.1, 0.15) is 16.7 Å². The normalized spacial score (nSPS) is 11.2. The molecule has 9 aromatic rings. The van der Waals surface area contributed by atoms with E-state index < -0.39 is 7.82 Å². The van der Waals surface area contributed by atoms with E-state index in [0.29, 0.717) is 16.7 Å². The first-order chi connectivity index (χ1) is 31.9. The maximum atomic E-state index is 15.3. The van der Waals surface area contributed by atoms with Gasteiger partial charge in [0.05, 0.1) is 0 Å². The summed E-state index contributed by atoms with van der Waals surface area (Å²) in [6.45, 7) is 6.09. The molecule has 8 heteroatoms. The molecule has 0 aromatic heterocycles. The second kappa shape index (κ2) is 19.5. The van der Waals surface area contributed by atoms with Crippen LogP contribution in [0.4, 0.5) is 0 Å². The minimum absolute atomic E-state index is 0.256.